The van der Waals surface area contributed by atoms with Crippen molar-refractivity contribution in [3.05, 3.63) is 65.7 Å². The number of rotatable bonds is 2. The second-order valence-electron chi connectivity index (χ2n) is 3.89. The molecule has 2 heteroatoms. The molecule has 2 N–H and O–H groups in total. The van der Waals surface area contributed by atoms with E-state index in [0.29, 0.717) is 0 Å². The lowest BCUT2D eigenvalue weighted by Crippen LogP contribution is -2.07. The second-order valence-corrected chi connectivity index (χ2v) is 3.89. The average Bonchev–Trinajstić information content (AvgIpc) is 2.46. The first-order valence-electron chi connectivity index (χ1n) is 5.76. The number of methoxy groups -OCH3 is 1. The van der Waals surface area contributed by atoms with Crippen LogP contribution in [0.1, 0.15) is 17.2 Å². The number of hydrogen-bond donors (Lipinski definition) is 1. The van der Waals surface area contributed by atoms with Gasteiger partial charge in [-0.25, -0.2) is 0 Å². The molecule has 2 aromatic carbocycles. The Labute approximate surface area is 107 Å². The van der Waals surface area contributed by atoms with E-state index >= 15 is 0 Å². The smallest absolute Gasteiger partial charge is 0.118 e. The fraction of sp³-hybridized carbons (Fsp3) is 0.125. The van der Waals surface area contributed by atoms with Crippen molar-refractivity contribution in [2.24, 2.45) is 5.73 Å². The third kappa shape index (κ3) is 3.13. The van der Waals surface area contributed by atoms with E-state index in [2.05, 4.69) is 11.8 Å². The number of nitrogens with two attached hydrogens (primary N) is 1. The number of ether oxygens (including phenoxy) is 1. The lowest BCUT2D eigenvalue weighted by molar-refractivity contribution is 0.414. The summed E-state index contributed by atoms with van der Waals surface area (Å²) in [5.41, 5.74) is 7.98. The van der Waals surface area contributed by atoms with Gasteiger partial charge in [0.15, 0.2) is 0 Å². The van der Waals surface area contributed by atoms with E-state index in [0.717, 1.165) is 16.9 Å². The minimum atomic E-state index is -0.281. The zero-order valence-corrected chi connectivity index (χ0v) is 10.3. The molecule has 1 atom stereocenters. The third-order valence-electron chi connectivity index (χ3n) is 2.62. The molecule has 0 fully saturated rings. The Bertz CT molecular complexity index is 549. The molecule has 18 heavy (non-hydrogen) atoms. The number of hydrogen-bond acceptors (Lipinski definition) is 2. The predicted octanol–water partition coefficient (Wildman–Crippen LogP) is 2.75. The van der Waals surface area contributed by atoms with Crippen LogP contribution in [-0.4, -0.2) is 7.11 Å². The van der Waals surface area contributed by atoms with Crippen molar-refractivity contribution in [3.63, 3.8) is 0 Å². The molecule has 0 aliphatic carbocycles. The zero-order chi connectivity index (χ0) is 12.8. The van der Waals surface area contributed by atoms with Crippen LogP contribution in [0.15, 0.2) is 54.6 Å². The molecule has 0 heterocycles. The van der Waals surface area contributed by atoms with Gasteiger partial charge in [0.25, 0.3) is 0 Å². The van der Waals surface area contributed by atoms with Gasteiger partial charge in [0.2, 0.25) is 0 Å². The fourth-order valence-corrected chi connectivity index (χ4v) is 1.58. The minimum absolute atomic E-state index is 0.281. The number of benzene rings is 2. The highest BCUT2D eigenvalue weighted by Crippen LogP contribution is 2.15. The van der Waals surface area contributed by atoms with Gasteiger partial charge in [-0.1, -0.05) is 42.2 Å². The molecule has 90 valence electrons. The van der Waals surface area contributed by atoms with Gasteiger partial charge < -0.3 is 10.5 Å². The van der Waals surface area contributed by atoms with Gasteiger partial charge in [-0.2, -0.15) is 0 Å². The fourth-order valence-electron chi connectivity index (χ4n) is 1.58. The largest absolute Gasteiger partial charge is 0.497 e. The van der Waals surface area contributed by atoms with E-state index in [-0.39, 0.29) is 6.04 Å². The maximum atomic E-state index is 6.02. The Hall–Kier alpha value is -2.24. The molecule has 0 aromatic heterocycles. The van der Waals surface area contributed by atoms with Crippen molar-refractivity contribution < 1.29 is 4.74 Å². The van der Waals surface area contributed by atoms with Crippen LogP contribution < -0.4 is 10.5 Å². The Kier molecular flexibility index (Phi) is 4.01. The van der Waals surface area contributed by atoms with Crippen LogP contribution in [0, 0.1) is 11.8 Å². The maximum absolute atomic E-state index is 6.02. The molecule has 2 aromatic rings. The summed E-state index contributed by atoms with van der Waals surface area (Å²) in [6, 6.07) is 17.2. The second kappa shape index (κ2) is 5.90. The molecule has 0 radical (unpaired) electrons. The van der Waals surface area contributed by atoms with E-state index in [1.54, 1.807) is 7.11 Å². The summed E-state index contributed by atoms with van der Waals surface area (Å²) < 4.78 is 5.10. The molecule has 0 saturated carbocycles. The molecular formula is C16H15NO. The highest BCUT2D eigenvalue weighted by molar-refractivity contribution is 5.38. The molecule has 0 aliphatic heterocycles. The van der Waals surface area contributed by atoms with E-state index in [9.17, 15) is 0 Å². The van der Waals surface area contributed by atoms with Gasteiger partial charge in [-0.3, -0.25) is 0 Å². The van der Waals surface area contributed by atoms with Crippen molar-refractivity contribution in [1.29, 1.82) is 0 Å². The van der Waals surface area contributed by atoms with Gasteiger partial charge in [0.05, 0.1) is 13.2 Å². The quantitative estimate of drug-likeness (QED) is 0.815. The van der Waals surface area contributed by atoms with Crippen molar-refractivity contribution in [2.45, 2.75) is 6.04 Å². The zero-order valence-electron chi connectivity index (χ0n) is 10.3. The summed E-state index contributed by atoms with van der Waals surface area (Å²) >= 11 is 0. The van der Waals surface area contributed by atoms with Crippen molar-refractivity contribution in [3.8, 4) is 17.6 Å². The first-order chi connectivity index (χ1) is 8.79. The lowest BCUT2D eigenvalue weighted by atomic mass is 10.1. The topological polar surface area (TPSA) is 35.2 Å². The van der Waals surface area contributed by atoms with E-state index < -0.39 is 0 Å². The maximum Gasteiger partial charge on any atom is 0.118 e. The van der Waals surface area contributed by atoms with E-state index in [1.165, 1.54) is 0 Å². The molecule has 0 bridgehead atoms. The van der Waals surface area contributed by atoms with Gasteiger partial charge in [-0.05, 0) is 29.8 Å². The highest BCUT2D eigenvalue weighted by Gasteiger charge is 2.01. The first-order valence-corrected chi connectivity index (χ1v) is 5.76. The van der Waals surface area contributed by atoms with E-state index in [4.69, 9.17) is 10.5 Å². The average molecular weight is 237 g/mol. The van der Waals surface area contributed by atoms with Crippen molar-refractivity contribution in [2.75, 3.05) is 7.11 Å². The van der Waals surface area contributed by atoms with Crippen LogP contribution in [-0.2, 0) is 0 Å². The highest BCUT2D eigenvalue weighted by atomic mass is 16.5. The summed E-state index contributed by atoms with van der Waals surface area (Å²) in [5, 5.41) is 0. The molecule has 2 rings (SSSR count). The molecule has 0 saturated heterocycles. The first kappa shape index (κ1) is 12.2. The Morgan fingerprint density at radius 1 is 1.00 bits per heavy atom. The Morgan fingerprint density at radius 3 is 2.28 bits per heavy atom. The Morgan fingerprint density at radius 2 is 1.67 bits per heavy atom. The lowest BCUT2D eigenvalue weighted by Gasteiger charge is -2.05. The van der Waals surface area contributed by atoms with Crippen LogP contribution in [0.5, 0.6) is 5.75 Å². The summed E-state index contributed by atoms with van der Waals surface area (Å²) in [7, 11) is 1.64. The van der Waals surface area contributed by atoms with Crippen molar-refractivity contribution in [1.82, 2.24) is 0 Å². The minimum Gasteiger partial charge on any atom is -0.497 e. The van der Waals surface area contributed by atoms with Crippen LogP contribution in [0.2, 0.25) is 0 Å². The van der Waals surface area contributed by atoms with Crippen LogP contribution in [0.25, 0.3) is 0 Å². The van der Waals surface area contributed by atoms with Crippen molar-refractivity contribution >= 4 is 0 Å². The van der Waals surface area contributed by atoms with Gasteiger partial charge in [0, 0.05) is 5.56 Å². The Balaban J connectivity index is 2.12. The van der Waals surface area contributed by atoms with Gasteiger partial charge >= 0.3 is 0 Å². The van der Waals surface area contributed by atoms with Gasteiger partial charge in [-0.15, -0.1) is 0 Å². The molecular weight excluding hydrogens is 222 g/mol. The van der Waals surface area contributed by atoms with Crippen LogP contribution in [0.3, 0.4) is 0 Å². The normalized spacial score (nSPS) is 11.2. The van der Waals surface area contributed by atoms with E-state index in [1.807, 2.05) is 54.6 Å². The summed E-state index contributed by atoms with van der Waals surface area (Å²) in [6.07, 6.45) is 0. The van der Waals surface area contributed by atoms with Crippen LogP contribution in [0.4, 0.5) is 0 Å². The summed E-state index contributed by atoms with van der Waals surface area (Å²) in [5.74, 6) is 6.93. The van der Waals surface area contributed by atoms with Gasteiger partial charge in [0.1, 0.15) is 5.75 Å². The standard InChI is InChI=1S/C16H15NO/c1-18-15-10-8-14(9-11-15)16(17)12-7-13-5-3-2-4-6-13/h2-6,8-11,16H,17H2,1H3. The predicted molar refractivity (Wildman–Crippen MR) is 73.2 cm³/mol. The molecule has 1 unspecified atom stereocenters. The molecule has 0 spiro atoms. The summed E-state index contributed by atoms with van der Waals surface area (Å²) in [4.78, 5) is 0. The molecule has 0 aliphatic rings. The molecule has 2 nitrogen and oxygen atoms in total. The summed E-state index contributed by atoms with van der Waals surface area (Å²) in [6.45, 7) is 0. The monoisotopic (exact) mass is 237 g/mol. The SMILES string of the molecule is COc1ccc(C(N)C#Cc2ccccc2)cc1. The third-order valence-corrected chi connectivity index (χ3v) is 2.62. The molecule has 0 amide bonds. The van der Waals surface area contributed by atoms with Crippen LogP contribution >= 0.6 is 0 Å².